The summed E-state index contributed by atoms with van der Waals surface area (Å²) in [6.45, 7) is 4.19. The van der Waals surface area contributed by atoms with Crippen LogP contribution in [0.25, 0.3) is 5.65 Å². The molecule has 0 spiro atoms. The Balaban J connectivity index is 2.13. The van der Waals surface area contributed by atoms with Gasteiger partial charge < -0.3 is 9.72 Å². The predicted molar refractivity (Wildman–Crippen MR) is 62.3 cm³/mol. The molecule has 2 rings (SSSR count). The Labute approximate surface area is 93.6 Å². The third-order valence-corrected chi connectivity index (χ3v) is 2.23. The summed E-state index contributed by atoms with van der Waals surface area (Å²) in [4.78, 5) is 15.9. The number of carbonyl (C=O) groups is 1. The summed E-state index contributed by atoms with van der Waals surface area (Å²) in [6.07, 6.45) is 6.12. The van der Waals surface area contributed by atoms with Crippen LogP contribution >= 0.6 is 0 Å². The molecule has 16 heavy (non-hydrogen) atoms. The molecule has 4 nitrogen and oxygen atoms in total. The molecule has 0 unspecified atom stereocenters. The minimum Gasteiger partial charge on any atom is -0.350 e. The Kier molecular flexibility index (Phi) is 3.00. The van der Waals surface area contributed by atoms with Gasteiger partial charge >= 0.3 is 0 Å². The van der Waals surface area contributed by atoms with E-state index in [2.05, 4.69) is 16.9 Å². The number of fused-ring (bicyclic) bond motifs is 1. The van der Waals surface area contributed by atoms with E-state index in [0.29, 0.717) is 12.2 Å². The van der Waals surface area contributed by atoms with Crippen LogP contribution in [0, 0.1) is 0 Å². The smallest absolute Gasteiger partial charge is 0.271 e. The molecule has 2 aromatic heterocycles. The number of pyridine rings is 1. The molecule has 1 N–H and O–H groups in total. The normalized spacial score (nSPS) is 10.2. The molecule has 0 saturated carbocycles. The van der Waals surface area contributed by atoms with Crippen molar-refractivity contribution in [3.05, 3.63) is 48.9 Å². The van der Waals surface area contributed by atoms with Crippen LogP contribution < -0.4 is 5.32 Å². The molecule has 0 fully saturated rings. The summed E-state index contributed by atoms with van der Waals surface area (Å²) in [5.41, 5.74) is 1.21. The van der Waals surface area contributed by atoms with Crippen molar-refractivity contribution in [3.63, 3.8) is 0 Å². The number of amides is 1. The summed E-state index contributed by atoms with van der Waals surface area (Å²) in [6, 6.07) is 5.65. The lowest BCUT2D eigenvalue weighted by atomic mass is 10.4. The van der Waals surface area contributed by atoms with E-state index in [9.17, 15) is 4.79 Å². The van der Waals surface area contributed by atoms with E-state index >= 15 is 0 Å². The van der Waals surface area contributed by atoms with Crippen molar-refractivity contribution < 1.29 is 4.79 Å². The van der Waals surface area contributed by atoms with Gasteiger partial charge in [-0.1, -0.05) is 12.1 Å². The molecule has 4 heteroatoms. The van der Waals surface area contributed by atoms with Gasteiger partial charge in [0.05, 0.1) is 0 Å². The molecular formula is C12H13N3O. The van der Waals surface area contributed by atoms with Gasteiger partial charge in [0.25, 0.3) is 5.91 Å². The number of rotatable bonds is 4. The third kappa shape index (κ3) is 2.11. The van der Waals surface area contributed by atoms with E-state index in [-0.39, 0.29) is 5.91 Å². The first-order chi connectivity index (χ1) is 7.81. The zero-order valence-corrected chi connectivity index (χ0v) is 8.89. The molecule has 0 aromatic carbocycles. The molecule has 0 atom stereocenters. The number of nitrogens with one attached hydrogen (secondary N) is 1. The molecule has 2 aromatic rings. The van der Waals surface area contributed by atoms with E-state index in [1.165, 1.54) is 0 Å². The fraction of sp³-hybridized carbons (Fsp3) is 0.167. The fourth-order valence-electron chi connectivity index (χ4n) is 1.42. The summed E-state index contributed by atoms with van der Waals surface area (Å²) in [5.74, 6) is -0.148. The van der Waals surface area contributed by atoms with Gasteiger partial charge in [-0.05, 0) is 18.6 Å². The van der Waals surface area contributed by atoms with Gasteiger partial charge in [0, 0.05) is 18.9 Å². The molecule has 2 heterocycles. The van der Waals surface area contributed by atoms with Crippen molar-refractivity contribution in [1.82, 2.24) is 14.7 Å². The van der Waals surface area contributed by atoms with Crippen LogP contribution in [0.15, 0.2) is 43.2 Å². The number of nitrogens with zero attached hydrogens (tertiary/aromatic N) is 2. The van der Waals surface area contributed by atoms with Gasteiger partial charge in [0.2, 0.25) is 0 Å². The van der Waals surface area contributed by atoms with Crippen molar-refractivity contribution in [2.75, 3.05) is 6.54 Å². The second-order valence-corrected chi connectivity index (χ2v) is 3.43. The quantitative estimate of drug-likeness (QED) is 0.622. The van der Waals surface area contributed by atoms with Crippen molar-refractivity contribution in [3.8, 4) is 0 Å². The monoisotopic (exact) mass is 215 g/mol. The predicted octanol–water partition coefficient (Wildman–Crippen LogP) is 1.64. The number of aromatic nitrogens is 2. The number of hydrogen-bond donors (Lipinski definition) is 1. The SMILES string of the molecule is C=CCCNC(=O)c1cn2ccccc2n1. The number of imidazole rings is 1. The van der Waals surface area contributed by atoms with Crippen molar-refractivity contribution in [1.29, 1.82) is 0 Å². The van der Waals surface area contributed by atoms with Crippen molar-refractivity contribution in [2.24, 2.45) is 0 Å². The zero-order chi connectivity index (χ0) is 11.4. The van der Waals surface area contributed by atoms with Gasteiger partial charge in [-0.25, -0.2) is 4.98 Å². The summed E-state index contributed by atoms with van der Waals surface area (Å²) < 4.78 is 1.82. The highest BCUT2D eigenvalue weighted by molar-refractivity contribution is 5.92. The molecule has 0 bridgehead atoms. The van der Waals surface area contributed by atoms with Gasteiger partial charge in [0.15, 0.2) is 0 Å². The van der Waals surface area contributed by atoms with Crippen LogP contribution in [0.2, 0.25) is 0 Å². The fourth-order valence-corrected chi connectivity index (χ4v) is 1.42. The largest absolute Gasteiger partial charge is 0.350 e. The minimum atomic E-state index is -0.148. The maximum Gasteiger partial charge on any atom is 0.271 e. The highest BCUT2D eigenvalue weighted by Gasteiger charge is 2.08. The molecule has 1 amide bonds. The lowest BCUT2D eigenvalue weighted by molar-refractivity contribution is 0.0950. The average molecular weight is 215 g/mol. The summed E-state index contributed by atoms with van der Waals surface area (Å²) in [5, 5.41) is 2.77. The van der Waals surface area contributed by atoms with Gasteiger partial charge in [-0.3, -0.25) is 4.79 Å². The summed E-state index contributed by atoms with van der Waals surface area (Å²) in [7, 11) is 0. The molecule has 0 saturated heterocycles. The molecule has 82 valence electrons. The van der Waals surface area contributed by atoms with Crippen LogP contribution in [-0.4, -0.2) is 21.8 Å². The highest BCUT2D eigenvalue weighted by Crippen LogP contribution is 2.04. The van der Waals surface area contributed by atoms with Crippen molar-refractivity contribution >= 4 is 11.6 Å². The Morgan fingerprint density at radius 3 is 3.19 bits per heavy atom. The molecule has 0 aliphatic heterocycles. The average Bonchev–Trinajstić information content (AvgIpc) is 2.73. The van der Waals surface area contributed by atoms with E-state index in [0.717, 1.165) is 12.1 Å². The standard InChI is InChI=1S/C12H13N3O/c1-2-3-7-13-12(16)10-9-15-8-5-4-6-11(15)14-10/h2,4-6,8-9H,1,3,7H2,(H,13,16). The van der Waals surface area contributed by atoms with Gasteiger partial charge in [-0.15, -0.1) is 6.58 Å². The second kappa shape index (κ2) is 4.61. The molecule has 0 radical (unpaired) electrons. The molecule has 0 aliphatic carbocycles. The first kappa shape index (κ1) is 10.4. The summed E-state index contributed by atoms with van der Waals surface area (Å²) >= 11 is 0. The van der Waals surface area contributed by atoms with Gasteiger partial charge in [0.1, 0.15) is 11.3 Å². The van der Waals surface area contributed by atoms with Crippen molar-refractivity contribution in [2.45, 2.75) is 6.42 Å². The number of carbonyl (C=O) groups excluding carboxylic acids is 1. The maximum absolute atomic E-state index is 11.7. The van der Waals surface area contributed by atoms with Crippen LogP contribution in [0.1, 0.15) is 16.9 Å². The highest BCUT2D eigenvalue weighted by atomic mass is 16.1. The maximum atomic E-state index is 11.7. The Bertz CT molecular complexity index is 483. The topological polar surface area (TPSA) is 46.4 Å². The lowest BCUT2D eigenvalue weighted by Crippen LogP contribution is -2.24. The first-order valence-electron chi connectivity index (χ1n) is 5.14. The Morgan fingerprint density at radius 2 is 2.44 bits per heavy atom. The first-order valence-corrected chi connectivity index (χ1v) is 5.14. The minimum absolute atomic E-state index is 0.148. The van der Waals surface area contributed by atoms with Crippen LogP contribution in [0.5, 0.6) is 0 Å². The van der Waals surface area contributed by atoms with E-state index in [1.54, 1.807) is 12.3 Å². The zero-order valence-electron chi connectivity index (χ0n) is 8.89. The third-order valence-electron chi connectivity index (χ3n) is 2.23. The van der Waals surface area contributed by atoms with E-state index in [1.807, 2.05) is 28.8 Å². The Hall–Kier alpha value is -2.10. The van der Waals surface area contributed by atoms with Crippen LogP contribution in [-0.2, 0) is 0 Å². The van der Waals surface area contributed by atoms with Gasteiger partial charge in [-0.2, -0.15) is 0 Å². The van der Waals surface area contributed by atoms with E-state index in [4.69, 9.17) is 0 Å². The molecule has 0 aliphatic rings. The molecular weight excluding hydrogens is 202 g/mol. The Morgan fingerprint density at radius 1 is 1.56 bits per heavy atom. The van der Waals surface area contributed by atoms with Crippen LogP contribution in [0.3, 0.4) is 0 Å². The van der Waals surface area contributed by atoms with E-state index < -0.39 is 0 Å². The number of hydrogen-bond acceptors (Lipinski definition) is 2. The lowest BCUT2D eigenvalue weighted by Gasteiger charge is -1.98. The second-order valence-electron chi connectivity index (χ2n) is 3.43. The van der Waals surface area contributed by atoms with Crippen LogP contribution in [0.4, 0.5) is 0 Å².